The molecule has 3 rings (SSSR count). The van der Waals surface area contributed by atoms with Crippen molar-refractivity contribution in [3.63, 3.8) is 0 Å². The van der Waals surface area contributed by atoms with E-state index in [0.717, 1.165) is 36.3 Å². The molecule has 1 fully saturated rings. The van der Waals surface area contributed by atoms with Gasteiger partial charge in [0.05, 0.1) is 12.3 Å². The van der Waals surface area contributed by atoms with Crippen LogP contribution in [0.1, 0.15) is 148 Å². The number of hydrogen-bond donors (Lipinski definition) is 0. The van der Waals surface area contributed by atoms with E-state index in [4.69, 9.17) is 9.72 Å². The molecule has 0 spiro atoms. The predicted molar refractivity (Wildman–Crippen MR) is 170 cm³/mol. The molecule has 0 amide bonds. The number of benzene rings is 1. The van der Waals surface area contributed by atoms with Crippen LogP contribution < -0.4 is 4.74 Å². The molecule has 1 aliphatic rings. The molecule has 2 heteroatoms. The van der Waals surface area contributed by atoms with Crippen molar-refractivity contribution in [1.82, 2.24) is 4.98 Å². The van der Waals surface area contributed by atoms with Crippen LogP contribution in [0.3, 0.4) is 0 Å². The highest BCUT2D eigenvalue weighted by molar-refractivity contribution is 5.60. The van der Waals surface area contributed by atoms with Crippen molar-refractivity contribution in [2.75, 3.05) is 6.61 Å². The predicted octanol–water partition coefficient (Wildman–Crippen LogP) is 11.8. The molecule has 2 nitrogen and oxygen atoms in total. The number of nitrogens with zero attached hydrogens (tertiary/aromatic N) is 1. The van der Waals surface area contributed by atoms with Crippen LogP contribution in [0.5, 0.6) is 5.75 Å². The standard InChI is InChI=1S/C37H59NO/c1-3-5-7-9-10-11-13-15-18-34-24-29-37(38-31-34)35-25-27-36(28-26-35)39-30-16-19-33-22-20-32(21-23-33)17-14-12-8-6-4-2/h24-29,31-33H,3-23,30H2,1-2H3/t32-,33-. The Morgan fingerprint density at radius 2 is 1.18 bits per heavy atom. The molecule has 1 heterocycles. The van der Waals surface area contributed by atoms with Gasteiger partial charge in [-0.25, -0.2) is 0 Å². The third-order valence-corrected chi connectivity index (χ3v) is 9.00. The first kappa shape index (κ1) is 31.7. The highest BCUT2D eigenvalue weighted by atomic mass is 16.5. The minimum atomic E-state index is 0.836. The smallest absolute Gasteiger partial charge is 0.119 e. The lowest BCUT2D eigenvalue weighted by molar-refractivity contribution is 0.228. The Labute approximate surface area is 241 Å². The summed E-state index contributed by atoms with van der Waals surface area (Å²) >= 11 is 0. The number of ether oxygens (including phenoxy) is 1. The Hall–Kier alpha value is -1.83. The van der Waals surface area contributed by atoms with Crippen molar-refractivity contribution >= 4 is 0 Å². The van der Waals surface area contributed by atoms with Crippen molar-refractivity contribution in [1.29, 1.82) is 0 Å². The number of aryl methyl sites for hydroxylation is 1. The zero-order chi connectivity index (χ0) is 27.4. The summed E-state index contributed by atoms with van der Waals surface area (Å²) in [7, 11) is 0. The quantitative estimate of drug-likeness (QED) is 0.149. The average Bonchev–Trinajstić information content (AvgIpc) is 2.98. The van der Waals surface area contributed by atoms with Gasteiger partial charge in [-0.15, -0.1) is 0 Å². The third-order valence-electron chi connectivity index (χ3n) is 9.00. The van der Waals surface area contributed by atoms with Crippen LogP contribution in [-0.4, -0.2) is 11.6 Å². The molecule has 0 radical (unpaired) electrons. The zero-order valence-electron chi connectivity index (χ0n) is 25.6. The summed E-state index contributed by atoms with van der Waals surface area (Å²) in [4.78, 5) is 4.75. The Morgan fingerprint density at radius 3 is 1.77 bits per heavy atom. The van der Waals surface area contributed by atoms with Gasteiger partial charge < -0.3 is 4.74 Å². The van der Waals surface area contributed by atoms with Gasteiger partial charge in [-0.3, -0.25) is 4.98 Å². The van der Waals surface area contributed by atoms with E-state index in [0.29, 0.717) is 0 Å². The maximum Gasteiger partial charge on any atom is 0.119 e. The summed E-state index contributed by atoms with van der Waals surface area (Å²) in [6.07, 6.45) is 31.1. The zero-order valence-corrected chi connectivity index (χ0v) is 25.6. The fourth-order valence-corrected chi connectivity index (χ4v) is 6.34. The van der Waals surface area contributed by atoms with Gasteiger partial charge in [0.25, 0.3) is 0 Å². The molecule has 218 valence electrons. The summed E-state index contributed by atoms with van der Waals surface area (Å²) in [5, 5.41) is 0. The highest BCUT2D eigenvalue weighted by Gasteiger charge is 2.20. The molecule has 1 saturated carbocycles. The molecule has 39 heavy (non-hydrogen) atoms. The Bertz CT molecular complexity index is 835. The van der Waals surface area contributed by atoms with Gasteiger partial charge in [0.15, 0.2) is 0 Å². The van der Waals surface area contributed by atoms with Gasteiger partial charge >= 0.3 is 0 Å². The molecular formula is C37H59NO. The number of pyridine rings is 1. The van der Waals surface area contributed by atoms with E-state index in [-0.39, 0.29) is 0 Å². The largest absolute Gasteiger partial charge is 0.494 e. The van der Waals surface area contributed by atoms with Crippen LogP contribution in [0, 0.1) is 11.8 Å². The SMILES string of the molecule is CCCCCCCCCCc1ccc(-c2ccc(OCCC[C@H]3CC[C@H](CCCCCCC)CC3)cc2)nc1. The van der Waals surface area contributed by atoms with Gasteiger partial charge in [-0.1, -0.05) is 129 Å². The summed E-state index contributed by atoms with van der Waals surface area (Å²) in [6.45, 7) is 5.42. The number of rotatable bonds is 21. The van der Waals surface area contributed by atoms with Crippen LogP contribution in [0.15, 0.2) is 42.6 Å². The first-order valence-electron chi connectivity index (χ1n) is 17.0. The van der Waals surface area contributed by atoms with Gasteiger partial charge in [-0.05, 0) is 73.4 Å². The van der Waals surface area contributed by atoms with Crippen LogP contribution in [0.4, 0.5) is 0 Å². The number of unbranched alkanes of at least 4 members (excludes halogenated alkanes) is 11. The van der Waals surface area contributed by atoms with Crippen LogP contribution in [0.25, 0.3) is 11.3 Å². The highest BCUT2D eigenvalue weighted by Crippen LogP contribution is 2.34. The molecule has 0 atom stereocenters. The van der Waals surface area contributed by atoms with Crippen molar-refractivity contribution in [3.05, 3.63) is 48.2 Å². The molecule has 0 unspecified atom stereocenters. The molecule has 0 aliphatic heterocycles. The van der Waals surface area contributed by atoms with E-state index >= 15 is 0 Å². The lowest BCUT2D eigenvalue weighted by atomic mass is 9.78. The van der Waals surface area contributed by atoms with Crippen molar-refractivity contribution in [3.8, 4) is 17.0 Å². The van der Waals surface area contributed by atoms with Crippen molar-refractivity contribution < 1.29 is 4.74 Å². The van der Waals surface area contributed by atoms with Crippen molar-refractivity contribution in [2.45, 2.75) is 149 Å². The molecule has 0 bridgehead atoms. The minimum absolute atomic E-state index is 0.836. The van der Waals surface area contributed by atoms with E-state index < -0.39 is 0 Å². The maximum absolute atomic E-state index is 6.08. The molecule has 1 aromatic heterocycles. The van der Waals surface area contributed by atoms with Crippen molar-refractivity contribution in [2.24, 2.45) is 11.8 Å². The topological polar surface area (TPSA) is 22.1 Å². The van der Waals surface area contributed by atoms with E-state index in [2.05, 4.69) is 56.4 Å². The number of hydrogen-bond acceptors (Lipinski definition) is 2. The summed E-state index contributed by atoms with van der Waals surface area (Å²) < 4.78 is 6.08. The second kappa shape index (κ2) is 20.1. The fraction of sp³-hybridized carbons (Fsp3) is 0.703. The monoisotopic (exact) mass is 533 g/mol. The molecule has 1 aliphatic carbocycles. The van der Waals surface area contributed by atoms with Crippen LogP contribution >= 0.6 is 0 Å². The first-order chi connectivity index (χ1) is 19.3. The summed E-state index contributed by atoms with van der Waals surface area (Å²) in [6, 6.07) is 13.0. The average molecular weight is 534 g/mol. The Balaban J connectivity index is 1.24. The lowest BCUT2D eigenvalue weighted by Gasteiger charge is -2.28. The van der Waals surface area contributed by atoms with E-state index in [1.807, 2.05) is 0 Å². The molecule has 2 aromatic rings. The maximum atomic E-state index is 6.08. The lowest BCUT2D eigenvalue weighted by Crippen LogP contribution is -2.15. The second-order valence-electron chi connectivity index (χ2n) is 12.4. The fourth-order valence-electron chi connectivity index (χ4n) is 6.34. The second-order valence-corrected chi connectivity index (χ2v) is 12.4. The molecule has 0 saturated heterocycles. The Morgan fingerprint density at radius 1 is 0.615 bits per heavy atom. The number of aromatic nitrogens is 1. The minimum Gasteiger partial charge on any atom is -0.494 e. The molecule has 0 N–H and O–H groups in total. The van der Waals surface area contributed by atoms with Gasteiger partial charge in [0.1, 0.15) is 5.75 Å². The normalized spacial score (nSPS) is 17.4. The van der Waals surface area contributed by atoms with E-state index in [1.165, 1.54) is 140 Å². The molecular weight excluding hydrogens is 474 g/mol. The summed E-state index contributed by atoms with van der Waals surface area (Å²) in [5.74, 6) is 2.92. The van der Waals surface area contributed by atoms with Crippen LogP contribution in [-0.2, 0) is 6.42 Å². The van der Waals surface area contributed by atoms with E-state index in [9.17, 15) is 0 Å². The Kier molecular flexibility index (Phi) is 16.3. The van der Waals surface area contributed by atoms with E-state index in [1.54, 1.807) is 0 Å². The summed E-state index contributed by atoms with van der Waals surface area (Å²) in [5.41, 5.74) is 3.58. The van der Waals surface area contributed by atoms with Gasteiger partial charge in [-0.2, -0.15) is 0 Å². The first-order valence-corrected chi connectivity index (χ1v) is 17.0. The third kappa shape index (κ3) is 13.4. The van der Waals surface area contributed by atoms with Gasteiger partial charge in [0.2, 0.25) is 0 Å². The van der Waals surface area contributed by atoms with Crippen LogP contribution in [0.2, 0.25) is 0 Å². The molecule has 1 aromatic carbocycles. The van der Waals surface area contributed by atoms with Gasteiger partial charge in [0, 0.05) is 11.8 Å².